The molecule has 4 nitrogen and oxygen atoms in total. The lowest BCUT2D eigenvalue weighted by atomic mass is 9.80. The van der Waals surface area contributed by atoms with E-state index in [1.54, 1.807) is 6.92 Å². The molecule has 1 fully saturated rings. The van der Waals surface area contributed by atoms with Crippen molar-refractivity contribution >= 4 is 11.9 Å². The number of carbonyl (C=O) groups excluding carboxylic acids is 2. The van der Waals surface area contributed by atoms with Crippen molar-refractivity contribution in [3.8, 4) is 0 Å². The molecule has 1 heterocycles. The van der Waals surface area contributed by atoms with Crippen LogP contribution in [0.1, 0.15) is 33.1 Å². The van der Waals surface area contributed by atoms with E-state index in [0.29, 0.717) is 12.8 Å². The summed E-state index contributed by atoms with van der Waals surface area (Å²) in [5.74, 6) is -1.00. The maximum absolute atomic E-state index is 11.4. The Morgan fingerprint density at radius 2 is 2.38 bits per heavy atom. The van der Waals surface area contributed by atoms with Gasteiger partial charge in [0.2, 0.25) is 5.91 Å². The number of ether oxygens (including phenoxy) is 1. The Labute approximate surface area is 77.4 Å². The van der Waals surface area contributed by atoms with Crippen molar-refractivity contribution < 1.29 is 14.3 Å². The number of amides is 1. The zero-order valence-electron chi connectivity index (χ0n) is 8.00. The van der Waals surface area contributed by atoms with Gasteiger partial charge in [-0.2, -0.15) is 0 Å². The molecule has 2 N–H and O–H groups in total. The van der Waals surface area contributed by atoms with Crippen molar-refractivity contribution in [1.82, 2.24) is 0 Å². The Morgan fingerprint density at radius 1 is 1.77 bits per heavy atom. The van der Waals surface area contributed by atoms with Crippen LogP contribution in [0.4, 0.5) is 0 Å². The zero-order chi connectivity index (χ0) is 10.1. The molecule has 2 atom stereocenters. The molecular formula is C9H15NO3. The van der Waals surface area contributed by atoms with E-state index in [2.05, 4.69) is 0 Å². The molecule has 74 valence electrons. The molecule has 1 aliphatic rings. The van der Waals surface area contributed by atoms with Gasteiger partial charge in [-0.1, -0.05) is 13.3 Å². The highest BCUT2D eigenvalue weighted by Crippen LogP contribution is 2.37. The summed E-state index contributed by atoms with van der Waals surface area (Å²) in [5.41, 5.74) is 4.18. The first-order valence-corrected chi connectivity index (χ1v) is 4.54. The van der Waals surface area contributed by atoms with Crippen LogP contribution >= 0.6 is 0 Å². The van der Waals surface area contributed by atoms with Crippen LogP contribution in [0, 0.1) is 5.41 Å². The smallest absolute Gasteiger partial charge is 0.322 e. The van der Waals surface area contributed by atoms with Gasteiger partial charge in [-0.25, -0.2) is 0 Å². The highest BCUT2D eigenvalue weighted by molar-refractivity contribution is 6.03. The van der Waals surface area contributed by atoms with Crippen LogP contribution < -0.4 is 5.73 Å². The summed E-state index contributed by atoms with van der Waals surface area (Å²) in [6.45, 7) is 3.69. The van der Waals surface area contributed by atoms with Crippen LogP contribution in [0.15, 0.2) is 0 Å². The molecule has 0 aromatic carbocycles. The minimum atomic E-state index is -1.05. The van der Waals surface area contributed by atoms with Crippen molar-refractivity contribution in [2.45, 2.75) is 39.2 Å². The molecule has 0 spiro atoms. The summed E-state index contributed by atoms with van der Waals surface area (Å²) in [6, 6.07) is 0. The molecule has 0 radical (unpaired) electrons. The number of hydrogen-bond acceptors (Lipinski definition) is 3. The van der Waals surface area contributed by atoms with Crippen LogP contribution in [-0.2, 0) is 14.3 Å². The topological polar surface area (TPSA) is 69.4 Å². The molecule has 1 saturated heterocycles. The standard InChI is InChI=1S/C9H15NO3/c1-3-4-9(7(10)11)5-6(2)13-8(9)12/h6H,3-5H2,1-2H3,(H2,10,11). The largest absolute Gasteiger partial charge is 0.462 e. The van der Waals surface area contributed by atoms with Crippen molar-refractivity contribution in [2.75, 3.05) is 0 Å². The van der Waals surface area contributed by atoms with Crippen molar-refractivity contribution in [3.63, 3.8) is 0 Å². The molecule has 1 rings (SSSR count). The first-order valence-electron chi connectivity index (χ1n) is 4.54. The third kappa shape index (κ3) is 1.53. The van der Waals surface area contributed by atoms with Gasteiger partial charge >= 0.3 is 5.97 Å². The van der Waals surface area contributed by atoms with Crippen molar-refractivity contribution in [3.05, 3.63) is 0 Å². The number of hydrogen-bond donors (Lipinski definition) is 1. The lowest BCUT2D eigenvalue weighted by Gasteiger charge is -2.19. The fourth-order valence-corrected chi connectivity index (χ4v) is 1.87. The number of primary amides is 1. The molecule has 13 heavy (non-hydrogen) atoms. The second-order valence-electron chi connectivity index (χ2n) is 3.62. The number of nitrogens with two attached hydrogens (primary N) is 1. The Kier molecular flexibility index (Phi) is 2.59. The van der Waals surface area contributed by atoms with E-state index in [-0.39, 0.29) is 6.10 Å². The average Bonchev–Trinajstić information content (AvgIpc) is 2.28. The second kappa shape index (κ2) is 3.36. The average molecular weight is 185 g/mol. The molecule has 1 aliphatic heterocycles. The fraction of sp³-hybridized carbons (Fsp3) is 0.778. The maximum atomic E-state index is 11.4. The second-order valence-corrected chi connectivity index (χ2v) is 3.62. The van der Waals surface area contributed by atoms with E-state index in [9.17, 15) is 9.59 Å². The Balaban J connectivity index is 2.90. The first-order chi connectivity index (χ1) is 6.03. The van der Waals surface area contributed by atoms with Gasteiger partial charge in [0.25, 0.3) is 0 Å². The summed E-state index contributed by atoms with van der Waals surface area (Å²) >= 11 is 0. The molecule has 0 aromatic rings. The van der Waals surface area contributed by atoms with Crippen LogP contribution in [0.2, 0.25) is 0 Å². The number of rotatable bonds is 3. The van der Waals surface area contributed by atoms with Gasteiger partial charge in [-0.05, 0) is 13.3 Å². The summed E-state index contributed by atoms with van der Waals surface area (Å²) in [5, 5.41) is 0. The lowest BCUT2D eigenvalue weighted by molar-refractivity contribution is -0.152. The van der Waals surface area contributed by atoms with Crippen LogP contribution in [0.5, 0.6) is 0 Å². The third-order valence-corrected chi connectivity index (χ3v) is 2.48. The highest BCUT2D eigenvalue weighted by atomic mass is 16.6. The monoisotopic (exact) mass is 185 g/mol. The predicted molar refractivity (Wildman–Crippen MR) is 46.7 cm³/mol. The first kappa shape index (κ1) is 10.0. The molecule has 1 amide bonds. The quantitative estimate of drug-likeness (QED) is 0.517. The molecule has 0 aromatic heterocycles. The van der Waals surface area contributed by atoms with Gasteiger partial charge in [0.05, 0.1) is 0 Å². The van der Waals surface area contributed by atoms with Gasteiger partial charge in [-0.15, -0.1) is 0 Å². The predicted octanol–water partition coefficient (Wildman–Crippen LogP) is 0.594. The Morgan fingerprint density at radius 3 is 2.69 bits per heavy atom. The van der Waals surface area contributed by atoms with Gasteiger partial charge in [0, 0.05) is 6.42 Å². The van der Waals surface area contributed by atoms with Gasteiger partial charge in [0.1, 0.15) is 11.5 Å². The minimum absolute atomic E-state index is 0.188. The highest BCUT2D eigenvalue weighted by Gasteiger charge is 2.51. The Bertz CT molecular complexity index is 239. The van der Waals surface area contributed by atoms with E-state index in [0.717, 1.165) is 6.42 Å². The Hall–Kier alpha value is -1.06. The van der Waals surface area contributed by atoms with Gasteiger partial charge in [-0.3, -0.25) is 9.59 Å². The molecule has 2 unspecified atom stereocenters. The number of carbonyl (C=O) groups is 2. The van der Waals surface area contributed by atoms with Crippen LogP contribution in [-0.4, -0.2) is 18.0 Å². The summed E-state index contributed by atoms with van der Waals surface area (Å²) in [6.07, 6.45) is 1.48. The van der Waals surface area contributed by atoms with Crippen LogP contribution in [0.25, 0.3) is 0 Å². The molecule has 0 saturated carbocycles. The third-order valence-electron chi connectivity index (χ3n) is 2.48. The van der Waals surface area contributed by atoms with Crippen molar-refractivity contribution in [2.24, 2.45) is 11.1 Å². The number of cyclic esters (lactones) is 1. The molecule has 4 heteroatoms. The van der Waals surface area contributed by atoms with Gasteiger partial charge < -0.3 is 10.5 Å². The molecule has 0 bridgehead atoms. The van der Waals surface area contributed by atoms with Gasteiger partial charge in [0.15, 0.2) is 0 Å². The molecule has 0 aliphatic carbocycles. The van der Waals surface area contributed by atoms with Crippen molar-refractivity contribution in [1.29, 1.82) is 0 Å². The molecular weight excluding hydrogens is 170 g/mol. The summed E-state index contributed by atoms with van der Waals surface area (Å²) < 4.78 is 4.95. The SMILES string of the molecule is CCCC1(C(N)=O)CC(C)OC1=O. The summed E-state index contributed by atoms with van der Waals surface area (Å²) in [7, 11) is 0. The van der Waals surface area contributed by atoms with E-state index in [1.807, 2.05) is 6.92 Å². The zero-order valence-corrected chi connectivity index (χ0v) is 8.00. The minimum Gasteiger partial charge on any atom is -0.462 e. The number of esters is 1. The van der Waals surface area contributed by atoms with E-state index < -0.39 is 17.3 Å². The van der Waals surface area contributed by atoms with Crippen LogP contribution in [0.3, 0.4) is 0 Å². The normalized spacial score (nSPS) is 33.1. The van der Waals surface area contributed by atoms with E-state index in [4.69, 9.17) is 10.5 Å². The van der Waals surface area contributed by atoms with E-state index in [1.165, 1.54) is 0 Å². The summed E-state index contributed by atoms with van der Waals surface area (Å²) in [4.78, 5) is 22.6. The maximum Gasteiger partial charge on any atom is 0.322 e. The fourth-order valence-electron chi connectivity index (χ4n) is 1.87. The van der Waals surface area contributed by atoms with E-state index >= 15 is 0 Å². The lowest BCUT2D eigenvalue weighted by Crippen LogP contribution is -2.40.